The molecule has 5 heteroatoms. The van der Waals surface area contributed by atoms with Crippen molar-refractivity contribution in [2.75, 3.05) is 0 Å². The molecule has 8 rings (SSSR count). The Morgan fingerprint density at radius 1 is 0.491 bits per heavy atom. The molecule has 8 aromatic rings. The first-order chi connectivity index (χ1) is 25.7. The summed E-state index contributed by atoms with van der Waals surface area (Å²) in [5, 5.41) is 0. The molecule has 0 N–H and O–H groups in total. The fraction of sp³-hybridized carbons (Fsp3) is 0.104. The number of hydrogen-bond donors (Lipinski definition) is 0. The van der Waals surface area contributed by atoms with E-state index in [1.807, 2.05) is 96.9 Å². The Kier molecular flexibility index (Phi) is 13.0. The Morgan fingerprint density at radius 2 is 1.09 bits per heavy atom. The van der Waals surface area contributed by atoms with E-state index >= 15 is 0 Å². The van der Waals surface area contributed by atoms with Crippen LogP contribution in [0.2, 0.25) is 0 Å². The summed E-state index contributed by atoms with van der Waals surface area (Å²) >= 11 is 0. The van der Waals surface area contributed by atoms with E-state index in [0.29, 0.717) is 0 Å². The van der Waals surface area contributed by atoms with Crippen molar-refractivity contribution in [3.8, 4) is 45.0 Å². The van der Waals surface area contributed by atoms with Gasteiger partial charge in [0, 0.05) is 31.8 Å². The number of nitrogens with zero attached hydrogens (tertiary/aromatic N) is 4. The summed E-state index contributed by atoms with van der Waals surface area (Å²) in [7, 11) is 1.98. The molecule has 4 nitrogen and oxygen atoms in total. The molecule has 5 aromatic carbocycles. The van der Waals surface area contributed by atoms with Gasteiger partial charge >= 0.3 is 20.1 Å². The van der Waals surface area contributed by atoms with Gasteiger partial charge in [-0.3, -0.25) is 4.98 Å². The number of hydrogen-bond acceptors (Lipinski definition) is 3. The molecule has 3 aromatic heterocycles. The molecular weight excluding hydrogens is 825 g/mol. The number of pyridine rings is 2. The van der Waals surface area contributed by atoms with Gasteiger partial charge in [0.15, 0.2) is 0 Å². The topological polar surface area (TPSA) is 43.6 Å². The molecule has 260 valence electrons. The van der Waals surface area contributed by atoms with Crippen molar-refractivity contribution in [2.24, 2.45) is 7.05 Å². The van der Waals surface area contributed by atoms with Crippen LogP contribution in [0.5, 0.6) is 0 Å². The molecule has 0 saturated carbocycles. The fourth-order valence-corrected chi connectivity index (χ4v) is 6.30. The minimum Gasteiger partial charge on any atom is -0.373 e. The van der Waals surface area contributed by atoms with E-state index in [2.05, 4.69) is 107 Å². The Hall–Kier alpha value is -5.74. The van der Waals surface area contributed by atoms with E-state index in [9.17, 15) is 0 Å². The van der Waals surface area contributed by atoms with Crippen LogP contribution in [0.15, 0.2) is 170 Å². The van der Waals surface area contributed by atoms with Crippen molar-refractivity contribution in [3.63, 3.8) is 0 Å². The van der Waals surface area contributed by atoms with Crippen LogP contribution < -0.4 is 0 Å². The van der Waals surface area contributed by atoms with Crippen LogP contribution in [0.1, 0.15) is 22.3 Å². The summed E-state index contributed by atoms with van der Waals surface area (Å²) < 4.78 is 1.98. The largest absolute Gasteiger partial charge is 3.00 e. The Bertz CT molecular complexity index is 2160. The molecular formula is C48H39IrN4. The number of aromatic nitrogens is 4. The summed E-state index contributed by atoms with van der Waals surface area (Å²) in [6.45, 7) is 0. The van der Waals surface area contributed by atoms with Gasteiger partial charge in [-0.25, -0.2) is 0 Å². The summed E-state index contributed by atoms with van der Waals surface area (Å²) in [5.74, 6) is 0.954. The van der Waals surface area contributed by atoms with Gasteiger partial charge in [-0.05, 0) is 64.5 Å². The van der Waals surface area contributed by atoms with Crippen molar-refractivity contribution in [2.45, 2.75) is 25.7 Å². The van der Waals surface area contributed by atoms with Gasteiger partial charge in [0.1, 0.15) is 0 Å². The second-order valence-electron chi connectivity index (χ2n) is 12.6. The quantitative estimate of drug-likeness (QED) is 0.129. The van der Waals surface area contributed by atoms with E-state index in [-0.39, 0.29) is 20.1 Å². The van der Waals surface area contributed by atoms with Gasteiger partial charge in [0.05, 0.1) is 5.82 Å². The predicted molar refractivity (Wildman–Crippen MR) is 211 cm³/mol. The van der Waals surface area contributed by atoms with Crippen molar-refractivity contribution in [1.82, 2.24) is 19.5 Å². The van der Waals surface area contributed by atoms with E-state index < -0.39 is 0 Å². The molecule has 0 radical (unpaired) electrons. The monoisotopic (exact) mass is 864 g/mol. The first-order valence-corrected chi connectivity index (χ1v) is 17.7. The van der Waals surface area contributed by atoms with Crippen molar-refractivity contribution in [3.05, 3.63) is 211 Å². The standard InChI is InChI=1S/C38H30N2.C10H9N2.Ir/c1-2-12-33(13-3-1)38-26-21-30(28-40-38)20-23-32-11-5-7-15-36(32)35-14-6-4-10-31(35)22-17-29-18-24-34(25-19-29)37-16-8-9-27-39-37;1-12-8-7-11-10(12)9-5-3-2-4-6-9;/h1-12,14-16,18-19,21,24,26-28H,17,20,22-23H2;2-5,7-8H,1H3;/q-2;-1;+3. The molecule has 0 aliphatic heterocycles. The van der Waals surface area contributed by atoms with E-state index in [4.69, 9.17) is 4.98 Å². The van der Waals surface area contributed by atoms with Crippen LogP contribution in [0.25, 0.3) is 45.0 Å². The molecule has 0 aliphatic carbocycles. The number of benzene rings is 5. The summed E-state index contributed by atoms with van der Waals surface area (Å²) in [6, 6.07) is 59.9. The first-order valence-electron chi connectivity index (χ1n) is 17.7. The van der Waals surface area contributed by atoms with E-state index in [1.54, 1.807) is 6.20 Å². The molecule has 0 bridgehead atoms. The third kappa shape index (κ3) is 9.78. The van der Waals surface area contributed by atoms with E-state index in [0.717, 1.165) is 59.6 Å². The average Bonchev–Trinajstić information content (AvgIpc) is 3.67. The van der Waals surface area contributed by atoms with Crippen LogP contribution in [-0.2, 0) is 52.8 Å². The van der Waals surface area contributed by atoms with Gasteiger partial charge in [-0.1, -0.05) is 79.2 Å². The number of aryl methyl sites for hydroxylation is 5. The Balaban J connectivity index is 0.000000313. The van der Waals surface area contributed by atoms with Gasteiger partial charge in [-0.15, -0.1) is 107 Å². The van der Waals surface area contributed by atoms with Crippen LogP contribution in [-0.4, -0.2) is 19.5 Å². The number of rotatable bonds is 10. The van der Waals surface area contributed by atoms with Crippen LogP contribution >= 0.6 is 0 Å². The molecule has 0 aliphatic rings. The van der Waals surface area contributed by atoms with Crippen LogP contribution in [0, 0.1) is 18.2 Å². The zero-order valence-electron chi connectivity index (χ0n) is 29.6. The van der Waals surface area contributed by atoms with Gasteiger partial charge < -0.3 is 14.5 Å². The molecule has 3 heterocycles. The molecule has 0 fully saturated rings. The SMILES string of the molecule is Cn1ccnc1-c1[c-]cccc1.[Ir+3].[c-]1cc(CCc2ccccc2-c2ccccc2CCc2ccc(-c3[c-]cccc3)nc2)ccc1-c1ccccn1. The molecule has 53 heavy (non-hydrogen) atoms. The predicted octanol–water partition coefficient (Wildman–Crippen LogP) is 10.5. The van der Waals surface area contributed by atoms with Crippen molar-refractivity contribution >= 4 is 0 Å². The first kappa shape index (κ1) is 37.0. The molecule has 0 saturated heterocycles. The zero-order valence-corrected chi connectivity index (χ0v) is 32.0. The van der Waals surface area contributed by atoms with Crippen LogP contribution in [0.3, 0.4) is 0 Å². The zero-order chi connectivity index (χ0) is 35.4. The molecule has 0 amide bonds. The minimum atomic E-state index is 0. The van der Waals surface area contributed by atoms with Crippen molar-refractivity contribution in [1.29, 1.82) is 0 Å². The Labute approximate surface area is 326 Å². The third-order valence-corrected chi connectivity index (χ3v) is 9.09. The van der Waals surface area contributed by atoms with Crippen molar-refractivity contribution < 1.29 is 20.1 Å². The maximum Gasteiger partial charge on any atom is 3.00 e. The fourth-order valence-electron chi connectivity index (χ4n) is 6.30. The van der Waals surface area contributed by atoms with Gasteiger partial charge in [0.2, 0.25) is 0 Å². The molecule has 0 atom stereocenters. The number of imidazole rings is 1. The third-order valence-electron chi connectivity index (χ3n) is 9.09. The maximum absolute atomic E-state index is 4.69. The Morgan fingerprint density at radius 3 is 1.66 bits per heavy atom. The molecule has 0 spiro atoms. The normalized spacial score (nSPS) is 10.5. The summed E-state index contributed by atoms with van der Waals surface area (Å²) in [4.78, 5) is 13.4. The summed E-state index contributed by atoms with van der Waals surface area (Å²) in [6.07, 6.45) is 11.4. The minimum absolute atomic E-state index is 0. The average molecular weight is 864 g/mol. The maximum atomic E-state index is 4.69. The summed E-state index contributed by atoms with van der Waals surface area (Å²) in [5.41, 5.74) is 12.9. The second-order valence-corrected chi connectivity index (χ2v) is 12.6. The van der Waals surface area contributed by atoms with Gasteiger partial charge in [0.25, 0.3) is 0 Å². The van der Waals surface area contributed by atoms with Gasteiger partial charge in [-0.2, -0.15) is 0 Å². The second kappa shape index (κ2) is 18.7. The molecule has 0 unspecified atom stereocenters. The smallest absolute Gasteiger partial charge is 0.373 e. The van der Waals surface area contributed by atoms with Crippen LogP contribution in [0.4, 0.5) is 0 Å². The van der Waals surface area contributed by atoms with E-state index in [1.165, 1.54) is 33.4 Å².